The van der Waals surface area contributed by atoms with Crippen LogP contribution in [-0.2, 0) is 32.1 Å². The highest BCUT2D eigenvalue weighted by molar-refractivity contribution is 6.30. The van der Waals surface area contributed by atoms with Gasteiger partial charge in [0.05, 0.1) is 5.02 Å². The maximum atomic E-state index is 15.1. The molecule has 0 fully saturated rings. The summed E-state index contributed by atoms with van der Waals surface area (Å²) in [6.45, 7) is 2.14. The van der Waals surface area contributed by atoms with Gasteiger partial charge in [0.2, 0.25) is 0 Å². The summed E-state index contributed by atoms with van der Waals surface area (Å²) in [6, 6.07) is 14.3. The first-order valence-electron chi connectivity index (χ1n) is 11.0. The molecule has 0 saturated heterocycles. The average Bonchev–Trinajstić information content (AvgIpc) is 2.80. The van der Waals surface area contributed by atoms with Crippen molar-refractivity contribution in [3.63, 3.8) is 0 Å². The third-order valence-electron chi connectivity index (χ3n) is 5.70. The summed E-state index contributed by atoms with van der Waals surface area (Å²) >= 11 is 5.73. The summed E-state index contributed by atoms with van der Waals surface area (Å²) in [5.41, 5.74) is 3.71. The maximum absolute atomic E-state index is 15.1. The second-order valence-corrected chi connectivity index (χ2v) is 8.51. The number of hydrogen-bond donors (Lipinski definition) is 0. The number of rotatable bonds is 8. The fourth-order valence-corrected chi connectivity index (χ4v) is 4.01. The van der Waals surface area contributed by atoms with E-state index in [-0.39, 0.29) is 10.8 Å². The van der Waals surface area contributed by atoms with Gasteiger partial charge < -0.3 is 0 Å². The van der Waals surface area contributed by atoms with Gasteiger partial charge in [0.15, 0.2) is 0 Å². The zero-order valence-electron chi connectivity index (χ0n) is 18.0. The Hall–Kier alpha value is -2.85. The summed E-state index contributed by atoms with van der Waals surface area (Å²) in [6.07, 6.45) is 8.47. The molecule has 32 heavy (non-hydrogen) atoms. The third kappa shape index (κ3) is 5.31. The molecule has 2 nitrogen and oxygen atoms in total. The van der Waals surface area contributed by atoms with Crippen LogP contribution in [0.3, 0.4) is 0 Å². The molecule has 0 bridgehead atoms. The van der Waals surface area contributed by atoms with Crippen LogP contribution in [0.2, 0.25) is 5.02 Å². The molecule has 0 aliphatic rings. The molecule has 0 aliphatic heterocycles. The number of benzene rings is 3. The second kappa shape index (κ2) is 10.2. The highest BCUT2D eigenvalue weighted by atomic mass is 35.5. The normalized spacial score (nSPS) is 11.2. The molecular weight excluding hydrogens is 426 g/mol. The van der Waals surface area contributed by atoms with Crippen molar-refractivity contribution in [2.75, 3.05) is 0 Å². The predicted octanol–water partition coefficient (Wildman–Crippen LogP) is 7.08. The van der Waals surface area contributed by atoms with Gasteiger partial charge in [0.25, 0.3) is 0 Å². The lowest BCUT2D eigenvalue weighted by atomic mass is 9.98. The van der Waals surface area contributed by atoms with Crippen LogP contribution in [0.4, 0.5) is 8.78 Å². The van der Waals surface area contributed by atoms with Gasteiger partial charge in [-0.2, -0.15) is 0 Å². The van der Waals surface area contributed by atoms with Gasteiger partial charge in [-0.3, -0.25) is 0 Å². The summed E-state index contributed by atoms with van der Waals surface area (Å²) in [7, 11) is 0. The van der Waals surface area contributed by atoms with Crippen LogP contribution in [0.25, 0.3) is 10.8 Å². The Morgan fingerprint density at radius 2 is 1.47 bits per heavy atom. The van der Waals surface area contributed by atoms with E-state index >= 15 is 4.39 Å². The van der Waals surface area contributed by atoms with Crippen LogP contribution in [0, 0.1) is 11.6 Å². The molecule has 1 heterocycles. The van der Waals surface area contributed by atoms with E-state index in [0.29, 0.717) is 23.8 Å². The lowest BCUT2D eigenvalue weighted by Crippen LogP contribution is -2.00. The first kappa shape index (κ1) is 22.3. The number of aromatic nitrogens is 2. The molecule has 0 N–H and O–H groups in total. The quantitative estimate of drug-likeness (QED) is 0.286. The smallest absolute Gasteiger partial charge is 0.142 e. The number of aryl methyl sites for hydroxylation is 5. The van der Waals surface area contributed by atoms with Gasteiger partial charge in [-0.1, -0.05) is 61.3 Å². The van der Waals surface area contributed by atoms with Gasteiger partial charge in [-0.15, -0.1) is 0 Å². The number of halogens is 3. The van der Waals surface area contributed by atoms with Crippen LogP contribution in [0.1, 0.15) is 41.4 Å². The molecule has 4 rings (SSSR count). The van der Waals surface area contributed by atoms with Gasteiger partial charge in [0, 0.05) is 24.2 Å². The van der Waals surface area contributed by atoms with Crippen molar-refractivity contribution in [2.24, 2.45) is 0 Å². The van der Waals surface area contributed by atoms with Crippen molar-refractivity contribution in [2.45, 2.75) is 45.4 Å². The molecule has 0 saturated carbocycles. The van der Waals surface area contributed by atoms with E-state index in [2.05, 4.69) is 16.9 Å². The first-order chi connectivity index (χ1) is 15.5. The summed E-state index contributed by atoms with van der Waals surface area (Å²) in [5.74, 6) is 0.168. The van der Waals surface area contributed by atoms with E-state index in [9.17, 15) is 4.39 Å². The van der Waals surface area contributed by atoms with E-state index < -0.39 is 5.82 Å². The van der Waals surface area contributed by atoms with Gasteiger partial charge in [-0.05, 0) is 65.5 Å². The lowest BCUT2D eigenvalue weighted by molar-refractivity contribution is 0.617. The van der Waals surface area contributed by atoms with Crippen LogP contribution in [0.15, 0.2) is 60.9 Å². The summed E-state index contributed by atoms with van der Waals surface area (Å²) in [4.78, 5) is 8.91. The Morgan fingerprint density at radius 3 is 2.22 bits per heavy atom. The average molecular weight is 451 g/mol. The molecule has 0 unspecified atom stereocenters. The SMILES string of the molecule is CCCc1cnc(CCc2ccc3c(F)c(CCc4ccc(Cl)c(F)c4)ccc3c2)nc1. The molecular formula is C27H25ClF2N2. The van der Waals surface area contributed by atoms with E-state index in [1.807, 2.05) is 42.7 Å². The highest BCUT2D eigenvalue weighted by Gasteiger charge is 2.10. The van der Waals surface area contributed by atoms with Crippen LogP contribution >= 0.6 is 11.6 Å². The third-order valence-corrected chi connectivity index (χ3v) is 6.01. The predicted molar refractivity (Wildman–Crippen MR) is 126 cm³/mol. The topological polar surface area (TPSA) is 25.8 Å². The molecule has 0 atom stereocenters. The van der Waals surface area contributed by atoms with Crippen LogP contribution in [-0.4, -0.2) is 9.97 Å². The maximum Gasteiger partial charge on any atom is 0.142 e. The molecule has 0 aliphatic carbocycles. The number of fused-ring (bicyclic) bond motifs is 1. The van der Waals surface area contributed by atoms with Crippen LogP contribution in [0.5, 0.6) is 0 Å². The summed E-state index contributed by atoms with van der Waals surface area (Å²) < 4.78 is 28.7. The van der Waals surface area contributed by atoms with E-state index in [0.717, 1.165) is 53.6 Å². The minimum atomic E-state index is -0.446. The van der Waals surface area contributed by atoms with Crippen molar-refractivity contribution < 1.29 is 8.78 Å². The monoisotopic (exact) mass is 450 g/mol. The zero-order chi connectivity index (χ0) is 22.5. The Bertz CT molecular complexity index is 1220. The molecule has 3 aromatic carbocycles. The largest absolute Gasteiger partial charge is 0.241 e. The minimum Gasteiger partial charge on any atom is -0.241 e. The van der Waals surface area contributed by atoms with Gasteiger partial charge in [-0.25, -0.2) is 18.7 Å². The fourth-order valence-electron chi connectivity index (χ4n) is 3.89. The number of hydrogen-bond acceptors (Lipinski definition) is 2. The summed E-state index contributed by atoms with van der Waals surface area (Å²) in [5, 5.41) is 1.58. The Kier molecular flexibility index (Phi) is 7.11. The van der Waals surface area contributed by atoms with Gasteiger partial charge >= 0.3 is 0 Å². The Morgan fingerprint density at radius 1 is 0.750 bits per heavy atom. The fraction of sp³-hybridized carbons (Fsp3) is 0.259. The van der Waals surface area contributed by atoms with Crippen molar-refractivity contribution in [3.05, 3.63) is 106 Å². The molecule has 4 aromatic rings. The molecule has 5 heteroatoms. The number of nitrogens with zero attached hydrogens (tertiary/aromatic N) is 2. The Labute approximate surface area is 192 Å². The molecule has 0 amide bonds. The molecule has 0 radical (unpaired) electrons. The lowest BCUT2D eigenvalue weighted by Gasteiger charge is -2.09. The Balaban J connectivity index is 1.43. The van der Waals surface area contributed by atoms with Gasteiger partial charge in [0.1, 0.15) is 17.5 Å². The van der Waals surface area contributed by atoms with Crippen molar-refractivity contribution in [1.29, 1.82) is 0 Å². The molecule has 0 spiro atoms. The minimum absolute atomic E-state index is 0.0986. The molecule has 1 aromatic heterocycles. The van der Waals surface area contributed by atoms with Crippen molar-refractivity contribution in [3.8, 4) is 0 Å². The standard InChI is InChI=1S/C27H25ClF2N2/c1-2-3-20-16-31-26(32-17-20)13-7-18-5-11-23-22(14-18)10-9-21(27(23)30)8-4-19-6-12-24(28)25(29)15-19/h5-6,9-12,14-17H,2-4,7-8,13H2,1H3. The second-order valence-electron chi connectivity index (χ2n) is 8.10. The van der Waals surface area contributed by atoms with E-state index in [1.165, 1.54) is 12.1 Å². The highest BCUT2D eigenvalue weighted by Crippen LogP contribution is 2.25. The van der Waals surface area contributed by atoms with E-state index in [4.69, 9.17) is 11.6 Å². The molecule has 164 valence electrons. The van der Waals surface area contributed by atoms with Crippen LogP contribution < -0.4 is 0 Å². The first-order valence-corrected chi connectivity index (χ1v) is 11.3. The van der Waals surface area contributed by atoms with E-state index in [1.54, 1.807) is 6.07 Å². The zero-order valence-corrected chi connectivity index (χ0v) is 18.8. The van der Waals surface area contributed by atoms with Crippen molar-refractivity contribution >= 4 is 22.4 Å². The van der Waals surface area contributed by atoms with Crippen molar-refractivity contribution in [1.82, 2.24) is 9.97 Å².